The number of primary amides is 1. The van der Waals surface area contributed by atoms with Crippen LogP contribution in [-0.2, 0) is 19.1 Å². The molecule has 4 bridgehead atoms. The second kappa shape index (κ2) is 19.5. The lowest BCUT2D eigenvalue weighted by Gasteiger charge is -2.60. The summed E-state index contributed by atoms with van der Waals surface area (Å²) in [4.78, 5) is 57.7. The molecule has 17 nitrogen and oxygen atoms in total. The first kappa shape index (κ1) is 49.2. The fourth-order valence-electron chi connectivity index (χ4n) is 10.7. The van der Waals surface area contributed by atoms with E-state index >= 15 is 0 Å². The summed E-state index contributed by atoms with van der Waals surface area (Å²) in [7, 11) is 2.52. The number of aliphatic hydroxyl groups excluding tert-OH is 3. The summed E-state index contributed by atoms with van der Waals surface area (Å²) < 4.78 is 24.5. The van der Waals surface area contributed by atoms with E-state index in [9.17, 15) is 49.8 Å². The number of benzene rings is 3. The molecule has 5 aromatic rings. The molecular weight excluding hydrogens is 967 g/mol. The molecule has 19 heteroatoms. The lowest BCUT2D eigenvalue weighted by molar-refractivity contribution is -0.382. The van der Waals surface area contributed by atoms with Gasteiger partial charge in [-0.15, -0.1) is 5.92 Å². The number of aromatic amines is 1. The molecule has 1 spiro atoms. The number of amides is 1. The van der Waals surface area contributed by atoms with Crippen LogP contribution in [0.5, 0.6) is 11.5 Å². The smallest absolute Gasteiger partial charge is 0.343 e. The fraction of sp³-hybridized carbons (Fsp3) is 0.321. The van der Waals surface area contributed by atoms with Gasteiger partial charge in [0.2, 0.25) is 28.7 Å². The van der Waals surface area contributed by atoms with Gasteiger partial charge >= 0.3 is 5.97 Å². The Bertz CT molecular complexity index is 3160. The van der Waals surface area contributed by atoms with Crippen LogP contribution in [0.3, 0.4) is 0 Å². The Labute approximate surface area is 419 Å². The fourth-order valence-corrected chi connectivity index (χ4v) is 12.8. The number of carbonyl (C=O) groups excluding carboxylic acids is 2. The number of nitrogens with two attached hydrogens (primary N) is 1. The Hall–Kier alpha value is -6.44. The van der Waals surface area contributed by atoms with Crippen molar-refractivity contribution in [1.82, 2.24) is 10.3 Å². The van der Waals surface area contributed by atoms with Crippen LogP contribution in [-0.4, -0.2) is 113 Å². The first-order chi connectivity index (χ1) is 34.7. The molecular formula is C53H49N3O14S2. The van der Waals surface area contributed by atoms with Crippen LogP contribution in [0.25, 0.3) is 27.7 Å². The monoisotopic (exact) mass is 1020 g/mol. The van der Waals surface area contributed by atoms with E-state index < -0.39 is 82.2 Å². The van der Waals surface area contributed by atoms with Gasteiger partial charge in [-0.2, -0.15) is 0 Å². The minimum Gasteiger partial charge on any atom is -0.508 e. The first-order valence-corrected chi connectivity index (χ1v) is 25.6. The predicted molar refractivity (Wildman–Crippen MR) is 266 cm³/mol. The standard InChI is InChI=1S/C53H49N3O14S2/c54-46(61)45-43(30-12-14-33(57)15-13-30)44(60)38-17-16-35(23-41(38)69-45)68-50-52(66)48(63)56-25-39(28-4-3-5-34(58)22-31-11-10-29(9-8-28)36-6-1-2-7-37(31)36)40(32-19-21-55-24-32)26-71-72-27-67-53(52)42(59)18-20-51(70-50,47(53)62)49(64)65/h1-2,6-7,9-21,23-24,28,31,34,39-40,47-48,50,55-58,62-63,66H,4,8,22,25-27H2,(H2,54,61)(H,64,65)/t28-,31+,34-,39-,40+,47-,48+,50-,51-,52+,53-/m1/s1. The highest BCUT2D eigenvalue weighted by molar-refractivity contribution is 8.76. The van der Waals surface area contributed by atoms with Gasteiger partial charge < -0.3 is 60.0 Å². The van der Waals surface area contributed by atoms with Gasteiger partial charge in [-0.05, 0) is 101 Å². The number of carboxylic acids is 1. The van der Waals surface area contributed by atoms with Crippen LogP contribution >= 0.6 is 21.6 Å². The van der Waals surface area contributed by atoms with Crippen LogP contribution in [0, 0.1) is 23.7 Å². The molecule has 11 atom stereocenters. The molecule has 2 saturated heterocycles. The summed E-state index contributed by atoms with van der Waals surface area (Å²) >= 11 is 0. The lowest BCUT2D eigenvalue weighted by Crippen LogP contribution is -2.87. The number of ketones is 1. The summed E-state index contributed by atoms with van der Waals surface area (Å²) in [6, 6.07) is 19.1. The van der Waals surface area contributed by atoms with Crippen LogP contribution in [0.4, 0.5) is 0 Å². The summed E-state index contributed by atoms with van der Waals surface area (Å²) in [5.74, 6) is 0.509. The SMILES string of the molecule is NC(=O)c1oc2cc(O[C@@H]3O[C@]4(C(=O)O)C=CC(=O)[C@@]5(OCSSC[C@@H](c6cc[nH]c6)[C@@H]([C@@H]6CC#C[C@@H](O)C[C@@H]7C=CC(=CC6)c6ccccc67)CN[C@@H](O)[C@]35O)[C@@H]4O)ccc2c(=O)c1-c1ccc(O)cc1. The normalized spacial score (nSPS) is 31.5. The highest BCUT2D eigenvalue weighted by atomic mass is 33.1. The number of aromatic nitrogens is 1. The molecule has 0 radical (unpaired) electrons. The number of carboxylic acid groups (broad SMARTS) is 1. The number of nitrogens with one attached hydrogen (secondary N) is 2. The molecule has 2 fully saturated rings. The molecule has 4 heterocycles. The third-order valence-corrected chi connectivity index (χ3v) is 16.5. The molecule has 0 unspecified atom stereocenters. The Morgan fingerprint density at radius 1 is 0.986 bits per heavy atom. The first-order valence-electron chi connectivity index (χ1n) is 23.1. The number of phenolic OH excluding ortho intramolecular Hbond substituents is 1. The summed E-state index contributed by atoms with van der Waals surface area (Å²) in [6.45, 7) is -0.0789. The number of hydrogen-bond donors (Lipinski definition) is 9. The Morgan fingerprint density at radius 3 is 2.56 bits per heavy atom. The molecule has 0 saturated carbocycles. The van der Waals surface area contributed by atoms with E-state index in [2.05, 4.69) is 52.5 Å². The number of phenols is 1. The molecule has 2 aromatic heterocycles. The molecule has 1 amide bonds. The summed E-state index contributed by atoms with van der Waals surface area (Å²) in [6.07, 6.45) is 4.80. The summed E-state index contributed by atoms with van der Waals surface area (Å²) in [5.41, 5.74) is -0.0892. The minimum absolute atomic E-state index is 0.0231. The van der Waals surface area contributed by atoms with Crippen LogP contribution in [0.2, 0.25) is 0 Å². The van der Waals surface area contributed by atoms with Gasteiger partial charge in [0, 0.05) is 43.1 Å². The van der Waals surface area contributed by atoms with Crippen LogP contribution in [0.1, 0.15) is 58.3 Å². The zero-order valence-corrected chi connectivity index (χ0v) is 39.8. The highest BCUT2D eigenvalue weighted by Gasteiger charge is 2.80. The van der Waals surface area contributed by atoms with Gasteiger partial charge in [-0.1, -0.05) is 82.1 Å². The van der Waals surface area contributed by atoms with Crippen LogP contribution in [0.15, 0.2) is 125 Å². The van der Waals surface area contributed by atoms with Gasteiger partial charge in [0.25, 0.3) is 5.91 Å². The van der Waals surface area contributed by atoms with E-state index in [1.807, 2.05) is 24.4 Å². The van der Waals surface area contributed by atoms with Crippen molar-refractivity contribution < 1.29 is 63.7 Å². The number of aromatic hydroxyl groups is 1. The molecule has 11 rings (SSSR count). The second-order valence-electron chi connectivity index (χ2n) is 18.4. The number of rotatable bonds is 7. The van der Waals surface area contributed by atoms with E-state index in [1.165, 1.54) is 47.2 Å². The largest absolute Gasteiger partial charge is 0.508 e. The Morgan fingerprint density at radius 2 is 1.79 bits per heavy atom. The van der Waals surface area contributed by atoms with Crippen molar-refractivity contribution in [2.45, 2.75) is 72.6 Å². The minimum atomic E-state index is -3.19. The number of aliphatic hydroxyl groups is 4. The number of allylic oxidation sites excluding steroid dienone is 4. The maximum atomic E-state index is 14.5. The van der Waals surface area contributed by atoms with Crippen molar-refractivity contribution in [3.8, 4) is 34.5 Å². The van der Waals surface area contributed by atoms with E-state index in [4.69, 9.17) is 24.4 Å². The van der Waals surface area contributed by atoms with Crippen molar-refractivity contribution in [2.24, 2.45) is 17.6 Å². The van der Waals surface area contributed by atoms with Gasteiger partial charge in [0.05, 0.1) is 10.9 Å². The molecule has 4 aliphatic carbocycles. The van der Waals surface area contributed by atoms with Crippen molar-refractivity contribution >= 4 is 55.8 Å². The number of fused-ring (bicyclic) bond motifs is 8. The molecule has 72 heavy (non-hydrogen) atoms. The average molecular weight is 1020 g/mol. The third-order valence-electron chi connectivity index (χ3n) is 14.4. The topological polar surface area (TPSA) is 284 Å². The lowest BCUT2D eigenvalue weighted by atomic mass is 9.63. The Kier molecular flexibility index (Phi) is 13.3. The van der Waals surface area contributed by atoms with Crippen molar-refractivity contribution in [3.63, 3.8) is 0 Å². The van der Waals surface area contributed by atoms with Crippen molar-refractivity contribution in [3.05, 3.63) is 148 Å². The zero-order valence-electron chi connectivity index (χ0n) is 38.2. The average Bonchev–Trinajstić information content (AvgIpc) is 3.90. The maximum Gasteiger partial charge on any atom is 0.343 e. The van der Waals surface area contributed by atoms with E-state index in [1.54, 1.807) is 6.20 Å². The molecule has 2 aliphatic heterocycles. The molecule has 10 N–H and O–H groups in total. The van der Waals surface area contributed by atoms with E-state index in [0.717, 1.165) is 51.3 Å². The van der Waals surface area contributed by atoms with Gasteiger partial charge in [-0.3, -0.25) is 19.7 Å². The second-order valence-corrected chi connectivity index (χ2v) is 20.9. The number of carbonyl (C=O) groups is 3. The quantitative estimate of drug-likeness (QED) is 0.0789. The van der Waals surface area contributed by atoms with E-state index in [0.29, 0.717) is 25.0 Å². The third kappa shape index (κ3) is 8.35. The Balaban J connectivity index is 1.07. The van der Waals surface area contributed by atoms with Gasteiger partial charge in [0.15, 0.2) is 11.4 Å². The molecule has 3 aromatic carbocycles. The predicted octanol–water partition coefficient (Wildman–Crippen LogP) is 4.70. The van der Waals surface area contributed by atoms with Crippen molar-refractivity contribution in [2.75, 3.05) is 18.2 Å². The number of hydrogen-bond acceptors (Lipinski definition) is 16. The highest BCUT2D eigenvalue weighted by Crippen LogP contribution is 2.52. The number of H-pyrrole nitrogens is 1. The van der Waals surface area contributed by atoms with Crippen molar-refractivity contribution in [1.29, 1.82) is 0 Å². The number of ether oxygens (including phenoxy) is 3. The molecule has 372 valence electrons. The molecule has 6 aliphatic rings. The maximum absolute atomic E-state index is 14.5. The van der Waals surface area contributed by atoms with Gasteiger partial charge in [-0.25, -0.2) is 4.79 Å². The zero-order chi connectivity index (χ0) is 50.5. The van der Waals surface area contributed by atoms with Crippen LogP contribution < -0.4 is 21.2 Å². The number of aliphatic carboxylic acids is 1. The summed E-state index contributed by atoms with van der Waals surface area (Å²) in [5, 5.41) is 73.1. The van der Waals surface area contributed by atoms with Gasteiger partial charge in [0.1, 0.15) is 41.5 Å². The van der Waals surface area contributed by atoms with E-state index in [-0.39, 0.29) is 57.9 Å².